The maximum Gasteiger partial charge on any atom is 0.232 e. The van der Waals surface area contributed by atoms with E-state index in [0.717, 1.165) is 10.3 Å². The fraction of sp³-hybridized carbons (Fsp3) is 0.235. The van der Waals surface area contributed by atoms with Gasteiger partial charge in [0.1, 0.15) is 12.0 Å². The molecule has 4 rings (SSSR count). The number of benzene rings is 1. The lowest BCUT2D eigenvalue weighted by molar-refractivity contribution is -0.117. The van der Waals surface area contributed by atoms with Crippen LogP contribution in [0.5, 0.6) is 0 Å². The highest BCUT2D eigenvalue weighted by Gasteiger charge is 2.43. The summed E-state index contributed by atoms with van der Waals surface area (Å²) in [6.45, 7) is 1.89. The smallest absolute Gasteiger partial charge is 0.232 e. The number of fused-ring (bicyclic) bond motifs is 1. The van der Waals surface area contributed by atoms with Crippen LogP contribution in [0.25, 0.3) is 21.3 Å². The number of anilines is 1. The zero-order valence-electron chi connectivity index (χ0n) is 12.7. The summed E-state index contributed by atoms with van der Waals surface area (Å²) in [7, 11) is 0. The molecule has 2 unspecified atom stereocenters. The number of nitrogens with one attached hydrogen (secondary N) is 1. The van der Waals surface area contributed by atoms with Crippen LogP contribution in [-0.2, 0) is 4.79 Å². The Hall–Kier alpha value is -2.41. The van der Waals surface area contributed by atoms with E-state index < -0.39 is 17.9 Å². The molecule has 1 saturated carbocycles. The van der Waals surface area contributed by atoms with Gasteiger partial charge in [-0.1, -0.05) is 11.3 Å². The van der Waals surface area contributed by atoms with E-state index in [0.29, 0.717) is 21.8 Å². The van der Waals surface area contributed by atoms with E-state index in [4.69, 9.17) is 0 Å². The summed E-state index contributed by atoms with van der Waals surface area (Å²) in [6.07, 6.45) is 2.48. The maximum atomic E-state index is 14.4. The lowest BCUT2D eigenvalue weighted by atomic mass is 10.0. The van der Waals surface area contributed by atoms with Crippen molar-refractivity contribution >= 4 is 32.6 Å². The van der Waals surface area contributed by atoms with Crippen molar-refractivity contribution in [3.05, 3.63) is 42.0 Å². The van der Waals surface area contributed by atoms with E-state index in [-0.39, 0.29) is 12.3 Å². The summed E-state index contributed by atoms with van der Waals surface area (Å²) >= 11 is 1.24. The van der Waals surface area contributed by atoms with Crippen LogP contribution in [0, 0.1) is 18.7 Å². The van der Waals surface area contributed by atoms with Gasteiger partial charge in [-0.2, -0.15) is 0 Å². The first-order chi connectivity index (χ1) is 11.5. The van der Waals surface area contributed by atoms with E-state index in [2.05, 4.69) is 15.3 Å². The SMILES string of the molecule is Cc1ccncc1-c1cc2sc(NC(=O)C3CC3F)nc2cc1F. The zero-order valence-corrected chi connectivity index (χ0v) is 13.5. The molecule has 4 nitrogen and oxygen atoms in total. The van der Waals surface area contributed by atoms with Gasteiger partial charge in [-0.3, -0.25) is 9.78 Å². The van der Waals surface area contributed by atoms with E-state index in [9.17, 15) is 13.6 Å². The van der Waals surface area contributed by atoms with E-state index >= 15 is 0 Å². The van der Waals surface area contributed by atoms with Crippen LogP contribution in [0.3, 0.4) is 0 Å². The van der Waals surface area contributed by atoms with Crippen molar-refractivity contribution in [3.8, 4) is 11.1 Å². The van der Waals surface area contributed by atoms with E-state index in [1.165, 1.54) is 17.4 Å². The number of thiazole rings is 1. The molecule has 24 heavy (non-hydrogen) atoms. The van der Waals surface area contributed by atoms with Gasteiger partial charge >= 0.3 is 0 Å². The lowest BCUT2D eigenvalue weighted by Gasteiger charge is -2.06. The molecule has 1 aliphatic carbocycles. The second-order valence-electron chi connectivity index (χ2n) is 5.86. The van der Waals surface area contributed by atoms with Gasteiger partial charge in [-0.15, -0.1) is 0 Å². The molecule has 1 aromatic carbocycles. The Bertz CT molecular complexity index is 956. The Morgan fingerprint density at radius 3 is 2.88 bits per heavy atom. The second-order valence-corrected chi connectivity index (χ2v) is 6.89. The van der Waals surface area contributed by atoms with Crippen LogP contribution in [0.1, 0.15) is 12.0 Å². The van der Waals surface area contributed by atoms with Gasteiger partial charge in [0, 0.05) is 29.6 Å². The third-order valence-corrected chi connectivity index (χ3v) is 5.02. The molecule has 7 heteroatoms. The van der Waals surface area contributed by atoms with Crippen molar-refractivity contribution in [1.29, 1.82) is 0 Å². The van der Waals surface area contributed by atoms with Gasteiger partial charge in [-0.05, 0) is 31.0 Å². The molecular weight excluding hydrogens is 332 g/mol. The largest absolute Gasteiger partial charge is 0.302 e. The Labute approximate surface area is 140 Å². The molecule has 1 N–H and O–H groups in total. The molecular formula is C17H13F2N3OS. The molecule has 0 bridgehead atoms. The highest BCUT2D eigenvalue weighted by Crippen LogP contribution is 2.37. The number of nitrogens with zero attached hydrogens (tertiary/aromatic N) is 2. The Kier molecular flexibility index (Phi) is 3.53. The number of amides is 1. The van der Waals surface area contributed by atoms with Crippen molar-refractivity contribution in [1.82, 2.24) is 9.97 Å². The van der Waals surface area contributed by atoms with Crippen LogP contribution in [0.15, 0.2) is 30.6 Å². The number of hydrogen-bond donors (Lipinski definition) is 1. The molecule has 1 fully saturated rings. The van der Waals surface area contributed by atoms with Crippen LogP contribution < -0.4 is 5.32 Å². The first-order valence-electron chi connectivity index (χ1n) is 7.49. The first-order valence-corrected chi connectivity index (χ1v) is 8.30. The number of hydrogen-bond acceptors (Lipinski definition) is 4. The van der Waals surface area contributed by atoms with Crippen LogP contribution >= 0.6 is 11.3 Å². The normalized spacial score (nSPS) is 19.5. The topological polar surface area (TPSA) is 54.9 Å². The third kappa shape index (κ3) is 2.65. The molecule has 2 heterocycles. The minimum absolute atomic E-state index is 0.260. The lowest BCUT2D eigenvalue weighted by Crippen LogP contribution is -2.14. The molecule has 0 spiro atoms. The molecule has 0 aliphatic heterocycles. The Morgan fingerprint density at radius 1 is 1.38 bits per heavy atom. The summed E-state index contributed by atoms with van der Waals surface area (Å²) in [6, 6.07) is 4.87. The molecule has 3 aromatic rings. The zero-order chi connectivity index (χ0) is 16.8. The number of carbonyl (C=O) groups is 1. The highest BCUT2D eigenvalue weighted by molar-refractivity contribution is 7.22. The van der Waals surface area contributed by atoms with Crippen molar-refractivity contribution in [3.63, 3.8) is 0 Å². The Morgan fingerprint density at radius 2 is 2.17 bits per heavy atom. The van der Waals surface area contributed by atoms with Gasteiger partial charge < -0.3 is 5.32 Å². The average molecular weight is 345 g/mol. The number of alkyl halides is 1. The maximum absolute atomic E-state index is 14.4. The number of halogens is 2. The fourth-order valence-corrected chi connectivity index (χ4v) is 3.48. The van der Waals surface area contributed by atoms with E-state index in [1.807, 2.05) is 13.0 Å². The predicted octanol–water partition coefficient (Wildman–Crippen LogP) is 4.10. The molecule has 2 aromatic heterocycles. The van der Waals surface area contributed by atoms with Gasteiger partial charge in [0.05, 0.1) is 16.1 Å². The monoisotopic (exact) mass is 345 g/mol. The van der Waals surface area contributed by atoms with Crippen molar-refractivity contribution < 1.29 is 13.6 Å². The standard InChI is InChI=1S/C17H13F2N3OS/c1-8-2-3-20-7-11(8)9-5-15-14(6-13(9)19)21-17(24-15)22-16(23)10-4-12(10)18/h2-3,5-7,10,12H,4H2,1H3,(H,21,22,23). The fourth-order valence-electron chi connectivity index (χ4n) is 2.59. The third-order valence-electron chi connectivity index (χ3n) is 4.09. The van der Waals surface area contributed by atoms with Crippen molar-refractivity contribution in [2.75, 3.05) is 5.32 Å². The molecule has 1 aliphatic rings. The Balaban J connectivity index is 1.70. The molecule has 1 amide bonds. The van der Waals surface area contributed by atoms with Crippen LogP contribution in [0.4, 0.5) is 13.9 Å². The summed E-state index contributed by atoms with van der Waals surface area (Å²) in [4.78, 5) is 20.1. The summed E-state index contributed by atoms with van der Waals surface area (Å²) in [5.41, 5.74) is 2.55. The van der Waals surface area contributed by atoms with Crippen molar-refractivity contribution in [2.45, 2.75) is 19.5 Å². The van der Waals surface area contributed by atoms with Gasteiger partial charge in [0.2, 0.25) is 5.91 Å². The molecule has 0 saturated heterocycles. The summed E-state index contributed by atoms with van der Waals surface area (Å²) in [5, 5.41) is 2.96. The van der Waals surface area contributed by atoms with Crippen LogP contribution in [-0.4, -0.2) is 22.0 Å². The minimum atomic E-state index is -1.06. The first kappa shape index (κ1) is 15.1. The number of pyridine rings is 1. The number of carbonyl (C=O) groups excluding carboxylic acids is 1. The van der Waals surface area contributed by atoms with Gasteiger partial charge in [0.15, 0.2) is 5.13 Å². The molecule has 122 valence electrons. The van der Waals surface area contributed by atoms with E-state index in [1.54, 1.807) is 18.5 Å². The molecule has 2 atom stereocenters. The number of aryl methyl sites for hydroxylation is 1. The minimum Gasteiger partial charge on any atom is -0.302 e. The molecule has 0 radical (unpaired) electrons. The van der Waals surface area contributed by atoms with Crippen LogP contribution in [0.2, 0.25) is 0 Å². The second kappa shape index (κ2) is 5.59. The quantitative estimate of drug-likeness (QED) is 0.777. The van der Waals surface area contributed by atoms with Crippen molar-refractivity contribution in [2.24, 2.45) is 5.92 Å². The highest BCUT2D eigenvalue weighted by atomic mass is 32.1. The van der Waals surface area contributed by atoms with Gasteiger partial charge in [-0.25, -0.2) is 13.8 Å². The summed E-state index contributed by atoms with van der Waals surface area (Å²) < 4.78 is 28.1. The van der Waals surface area contributed by atoms with Gasteiger partial charge in [0.25, 0.3) is 0 Å². The summed E-state index contributed by atoms with van der Waals surface area (Å²) in [5.74, 6) is -1.35. The number of rotatable bonds is 3. The number of aromatic nitrogens is 2. The predicted molar refractivity (Wildman–Crippen MR) is 89.2 cm³/mol. The average Bonchev–Trinajstić information content (AvgIpc) is 3.15.